The summed E-state index contributed by atoms with van der Waals surface area (Å²) in [5, 5.41) is 7.51. The largest absolute Gasteiger partial charge is 0.378 e. The fourth-order valence-corrected chi connectivity index (χ4v) is 3.89. The minimum atomic E-state index is 0.0225. The Morgan fingerprint density at radius 1 is 1.45 bits per heavy atom. The van der Waals surface area contributed by atoms with Crippen LogP contribution in [-0.2, 0) is 9.53 Å². The van der Waals surface area contributed by atoms with Gasteiger partial charge in [0.2, 0.25) is 5.91 Å². The molecule has 2 aliphatic rings. The molecule has 2 aromatic rings. The lowest BCUT2D eigenvalue weighted by Crippen LogP contribution is -2.43. The van der Waals surface area contributed by atoms with Gasteiger partial charge in [0, 0.05) is 30.6 Å². The molecule has 5 nitrogen and oxygen atoms in total. The summed E-state index contributed by atoms with van der Waals surface area (Å²) in [5.74, 6) is 0.696. The Kier molecular flexibility index (Phi) is 3.82. The van der Waals surface area contributed by atoms with Crippen molar-refractivity contribution in [3.8, 4) is 0 Å². The van der Waals surface area contributed by atoms with Crippen LogP contribution in [0.3, 0.4) is 0 Å². The number of morpholine rings is 1. The zero-order chi connectivity index (χ0) is 14.9. The number of ether oxygens (including phenoxy) is 1. The molecule has 6 heteroatoms. The molecule has 22 heavy (non-hydrogen) atoms. The minimum absolute atomic E-state index is 0.0225. The molecule has 1 atom stereocenters. The topological polar surface area (TPSA) is 63.2 Å². The van der Waals surface area contributed by atoms with Crippen LogP contribution in [0.4, 0.5) is 5.69 Å². The minimum Gasteiger partial charge on any atom is -0.378 e. The van der Waals surface area contributed by atoms with E-state index in [2.05, 4.69) is 15.6 Å². The average Bonchev–Trinajstić information content (AvgIpc) is 3.28. The van der Waals surface area contributed by atoms with E-state index in [0.29, 0.717) is 18.9 Å². The number of benzene rings is 1. The number of thiazole rings is 1. The second-order valence-corrected chi connectivity index (χ2v) is 7.05. The van der Waals surface area contributed by atoms with Gasteiger partial charge in [-0.1, -0.05) is 0 Å². The van der Waals surface area contributed by atoms with Crippen molar-refractivity contribution in [3.63, 3.8) is 0 Å². The molecule has 2 N–H and O–H groups in total. The van der Waals surface area contributed by atoms with Crippen LogP contribution in [0.5, 0.6) is 0 Å². The van der Waals surface area contributed by atoms with E-state index in [1.807, 2.05) is 18.2 Å². The molecule has 1 amide bonds. The molecule has 0 bridgehead atoms. The summed E-state index contributed by atoms with van der Waals surface area (Å²) in [5.41, 5.74) is 1.88. The highest BCUT2D eigenvalue weighted by Gasteiger charge is 2.27. The number of nitrogens with zero attached hydrogens (tertiary/aromatic N) is 1. The summed E-state index contributed by atoms with van der Waals surface area (Å²) in [6.45, 7) is 2.14. The number of nitrogens with one attached hydrogen (secondary N) is 2. The molecule has 1 saturated heterocycles. The number of aromatic nitrogens is 1. The molecule has 0 spiro atoms. The molecule has 0 radical (unpaired) electrons. The van der Waals surface area contributed by atoms with Gasteiger partial charge in [-0.3, -0.25) is 4.79 Å². The van der Waals surface area contributed by atoms with Crippen LogP contribution < -0.4 is 10.6 Å². The van der Waals surface area contributed by atoms with Crippen LogP contribution >= 0.6 is 11.3 Å². The van der Waals surface area contributed by atoms with Crippen LogP contribution in [0.15, 0.2) is 18.2 Å². The van der Waals surface area contributed by atoms with Gasteiger partial charge in [-0.25, -0.2) is 4.98 Å². The van der Waals surface area contributed by atoms with E-state index in [0.717, 1.165) is 29.1 Å². The Hall–Kier alpha value is -1.50. The van der Waals surface area contributed by atoms with E-state index in [9.17, 15) is 4.79 Å². The molecular formula is C16H19N3O2S. The summed E-state index contributed by atoms with van der Waals surface area (Å²) in [6, 6.07) is 6.07. The maximum Gasteiger partial charge on any atom is 0.226 e. The van der Waals surface area contributed by atoms with Crippen LogP contribution in [0, 0.1) is 0 Å². The van der Waals surface area contributed by atoms with Crippen molar-refractivity contribution in [1.82, 2.24) is 10.3 Å². The Balaban J connectivity index is 1.42. The summed E-state index contributed by atoms with van der Waals surface area (Å²) in [4.78, 5) is 16.8. The lowest BCUT2D eigenvalue weighted by Gasteiger charge is -2.23. The normalized spacial score (nSPS) is 21.9. The SMILES string of the molecule is O=C(CC1COCCN1)Nc1ccc2nc(C3CC3)sc2c1. The molecule has 1 aromatic carbocycles. The number of rotatable bonds is 4. The second kappa shape index (κ2) is 5.95. The number of anilines is 1. The van der Waals surface area contributed by atoms with Gasteiger partial charge in [-0.15, -0.1) is 11.3 Å². The molecule has 1 saturated carbocycles. The van der Waals surface area contributed by atoms with Crippen LogP contribution in [0.1, 0.15) is 30.2 Å². The third-order valence-electron chi connectivity index (χ3n) is 4.05. The van der Waals surface area contributed by atoms with Crippen molar-refractivity contribution in [2.75, 3.05) is 25.1 Å². The van der Waals surface area contributed by atoms with Crippen molar-refractivity contribution >= 4 is 33.1 Å². The van der Waals surface area contributed by atoms with Gasteiger partial charge in [0.15, 0.2) is 0 Å². The number of carbonyl (C=O) groups is 1. The zero-order valence-corrected chi connectivity index (χ0v) is 13.1. The van der Waals surface area contributed by atoms with Gasteiger partial charge in [0.05, 0.1) is 28.4 Å². The van der Waals surface area contributed by atoms with E-state index >= 15 is 0 Å². The van der Waals surface area contributed by atoms with E-state index in [1.165, 1.54) is 17.8 Å². The van der Waals surface area contributed by atoms with Crippen LogP contribution in [-0.4, -0.2) is 36.7 Å². The maximum absolute atomic E-state index is 12.1. The lowest BCUT2D eigenvalue weighted by atomic mass is 10.2. The number of hydrogen-bond donors (Lipinski definition) is 2. The van der Waals surface area contributed by atoms with Gasteiger partial charge in [-0.05, 0) is 31.0 Å². The quantitative estimate of drug-likeness (QED) is 0.909. The highest BCUT2D eigenvalue weighted by molar-refractivity contribution is 7.18. The van der Waals surface area contributed by atoms with Gasteiger partial charge in [0.25, 0.3) is 0 Å². The summed E-state index contributed by atoms with van der Waals surface area (Å²) < 4.78 is 6.52. The van der Waals surface area contributed by atoms with E-state index in [-0.39, 0.29) is 11.9 Å². The third kappa shape index (κ3) is 3.14. The van der Waals surface area contributed by atoms with E-state index in [1.54, 1.807) is 11.3 Å². The van der Waals surface area contributed by atoms with Gasteiger partial charge in [0.1, 0.15) is 0 Å². The molecule has 1 aromatic heterocycles. The fraction of sp³-hybridized carbons (Fsp3) is 0.500. The van der Waals surface area contributed by atoms with Crippen molar-refractivity contribution in [1.29, 1.82) is 0 Å². The Morgan fingerprint density at radius 3 is 3.14 bits per heavy atom. The third-order valence-corrected chi connectivity index (χ3v) is 5.23. The number of hydrogen-bond acceptors (Lipinski definition) is 5. The first kappa shape index (κ1) is 14.1. The van der Waals surface area contributed by atoms with Crippen molar-refractivity contribution in [3.05, 3.63) is 23.2 Å². The van der Waals surface area contributed by atoms with Crippen LogP contribution in [0.2, 0.25) is 0 Å². The summed E-state index contributed by atoms with van der Waals surface area (Å²) in [6.07, 6.45) is 2.97. The van der Waals surface area contributed by atoms with Gasteiger partial charge in [-0.2, -0.15) is 0 Å². The number of fused-ring (bicyclic) bond motifs is 1. The molecule has 2 heterocycles. The van der Waals surface area contributed by atoms with Crippen molar-refractivity contribution < 1.29 is 9.53 Å². The molecule has 4 rings (SSSR count). The zero-order valence-electron chi connectivity index (χ0n) is 12.3. The monoisotopic (exact) mass is 317 g/mol. The van der Waals surface area contributed by atoms with Gasteiger partial charge >= 0.3 is 0 Å². The predicted molar refractivity (Wildman–Crippen MR) is 87.5 cm³/mol. The molecule has 1 aliphatic heterocycles. The Morgan fingerprint density at radius 2 is 2.36 bits per heavy atom. The predicted octanol–water partition coefficient (Wildman–Crippen LogP) is 2.49. The maximum atomic E-state index is 12.1. The van der Waals surface area contributed by atoms with Crippen molar-refractivity contribution in [2.45, 2.75) is 31.2 Å². The Bertz CT molecular complexity index is 690. The number of amides is 1. The average molecular weight is 317 g/mol. The molecular weight excluding hydrogens is 298 g/mol. The lowest BCUT2D eigenvalue weighted by molar-refractivity contribution is -0.117. The first-order valence-corrected chi connectivity index (χ1v) is 8.61. The van der Waals surface area contributed by atoms with Crippen LogP contribution in [0.25, 0.3) is 10.2 Å². The van der Waals surface area contributed by atoms with E-state index in [4.69, 9.17) is 4.74 Å². The second-order valence-electron chi connectivity index (χ2n) is 5.99. The highest BCUT2D eigenvalue weighted by atomic mass is 32.1. The number of carbonyl (C=O) groups excluding carboxylic acids is 1. The molecule has 1 unspecified atom stereocenters. The standard InChI is InChI=1S/C16H19N3O2S/c20-15(8-12-9-21-6-5-17-12)18-11-3-4-13-14(7-11)22-16(19-13)10-1-2-10/h3-4,7,10,12,17H,1-2,5-6,8-9H2,(H,18,20). The smallest absolute Gasteiger partial charge is 0.226 e. The van der Waals surface area contributed by atoms with Crippen molar-refractivity contribution in [2.24, 2.45) is 0 Å². The first-order chi connectivity index (χ1) is 10.8. The van der Waals surface area contributed by atoms with Gasteiger partial charge < -0.3 is 15.4 Å². The van der Waals surface area contributed by atoms with E-state index < -0.39 is 0 Å². The molecule has 116 valence electrons. The highest BCUT2D eigenvalue weighted by Crippen LogP contribution is 2.43. The summed E-state index contributed by atoms with van der Waals surface area (Å²) in [7, 11) is 0. The molecule has 1 aliphatic carbocycles. The Labute approximate surface area is 133 Å². The first-order valence-electron chi connectivity index (χ1n) is 7.79. The molecule has 2 fully saturated rings. The summed E-state index contributed by atoms with van der Waals surface area (Å²) >= 11 is 1.75. The fourth-order valence-electron chi connectivity index (χ4n) is 2.71.